The Balaban J connectivity index is 2.08. The predicted octanol–water partition coefficient (Wildman–Crippen LogP) is 0.786. The minimum atomic E-state index is -0.744. The van der Waals surface area contributed by atoms with Crippen LogP contribution in [-0.4, -0.2) is 40.7 Å². The predicted molar refractivity (Wildman–Crippen MR) is 61.2 cm³/mol. The van der Waals surface area contributed by atoms with Crippen molar-refractivity contribution >= 4 is 11.8 Å². The number of carbonyl (C=O) groups is 1. The molecule has 0 radical (unpaired) electrons. The highest BCUT2D eigenvalue weighted by molar-refractivity contribution is 5.71. The summed E-state index contributed by atoms with van der Waals surface area (Å²) < 4.78 is 5.29. The molecular formula is C11H15N3O3. The second kappa shape index (κ2) is 4.99. The summed E-state index contributed by atoms with van der Waals surface area (Å²) in [4.78, 5) is 20.9. The largest absolute Gasteiger partial charge is 0.481 e. The van der Waals surface area contributed by atoms with E-state index in [1.807, 2.05) is 11.8 Å². The molecule has 2 heterocycles. The number of hydrogen-bond donors (Lipinski definition) is 1. The minimum Gasteiger partial charge on any atom is -0.481 e. The topological polar surface area (TPSA) is 75.5 Å². The third-order valence-electron chi connectivity index (χ3n) is 2.78. The number of ether oxygens (including phenoxy) is 1. The molecule has 1 aliphatic heterocycles. The van der Waals surface area contributed by atoms with Crippen LogP contribution in [0, 0.1) is 5.92 Å². The molecule has 1 saturated heterocycles. The Morgan fingerprint density at radius 3 is 3.12 bits per heavy atom. The molecule has 1 unspecified atom stereocenters. The van der Waals surface area contributed by atoms with Gasteiger partial charge in [-0.3, -0.25) is 4.79 Å². The Labute approximate surface area is 99.2 Å². The molecule has 1 fully saturated rings. The summed E-state index contributed by atoms with van der Waals surface area (Å²) in [5, 5.41) is 8.93. The number of carboxylic acid groups (broad SMARTS) is 1. The van der Waals surface area contributed by atoms with E-state index in [9.17, 15) is 4.79 Å². The fourth-order valence-electron chi connectivity index (χ4n) is 1.90. The number of aliphatic carboxylic acids is 1. The van der Waals surface area contributed by atoms with Gasteiger partial charge in [0.25, 0.3) is 0 Å². The van der Waals surface area contributed by atoms with Crippen LogP contribution < -0.4 is 9.64 Å². The first-order valence-electron chi connectivity index (χ1n) is 5.63. The third-order valence-corrected chi connectivity index (χ3v) is 2.78. The summed E-state index contributed by atoms with van der Waals surface area (Å²) in [6.45, 7) is 3.64. The van der Waals surface area contributed by atoms with E-state index in [0.717, 1.165) is 5.82 Å². The van der Waals surface area contributed by atoms with Crippen LogP contribution in [0.4, 0.5) is 5.82 Å². The maximum atomic E-state index is 10.9. The molecule has 1 aliphatic rings. The van der Waals surface area contributed by atoms with Gasteiger partial charge >= 0.3 is 5.97 Å². The van der Waals surface area contributed by atoms with Gasteiger partial charge in [-0.2, -0.15) is 0 Å². The fraction of sp³-hybridized carbons (Fsp3) is 0.545. The first-order chi connectivity index (χ1) is 8.20. The lowest BCUT2D eigenvalue weighted by Crippen LogP contribution is -2.23. The summed E-state index contributed by atoms with van der Waals surface area (Å²) in [5.41, 5.74) is 0. The van der Waals surface area contributed by atoms with Crippen LogP contribution in [-0.2, 0) is 4.79 Å². The van der Waals surface area contributed by atoms with Gasteiger partial charge in [-0.1, -0.05) is 0 Å². The van der Waals surface area contributed by atoms with Crippen LogP contribution in [0.25, 0.3) is 0 Å². The van der Waals surface area contributed by atoms with Crippen molar-refractivity contribution in [2.75, 3.05) is 24.6 Å². The SMILES string of the molecule is CCOc1cc(N2CCC(C(=O)O)C2)ncn1. The van der Waals surface area contributed by atoms with Crippen molar-refractivity contribution in [1.29, 1.82) is 0 Å². The molecule has 92 valence electrons. The summed E-state index contributed by atoms with van der Waals surface area (Å²) >= 11 is 0. The molecular weight excluding hydrogens is 222 g/mol. The Hall–Kier alpha value is -1.85. The molecule has 0 saturated carbocycles. The lowest BCUT2D eigenvalue weighted by atomic mass is 10.1. The molecule has 2 rings (SSSR count). The van der Waals surface area contributed by atoms with Crippen molar-refractivity contribution in [1.82, 2.24) is 9.97 Å². The highest BCUT2D eigenvalue weighted by Gasteiger charge is 2.28. The van der Waals surface area contributed by atoms with Crippen molar-refractivity contribution in [3.05, 3.63) is 12.4 Å². The van der Waals surface area contributed by atoms with E-state index < -0.39 is 5.97 Å². The lowest BCUT2D eigenvalue weighted by Gasteiger charge is -2.16. The molecule has 6 heteroatoms. The molecule has 0 aliphatic carbocycles. The third kappa shape index (κ3) is 2.64. The van der Waals surface area contributed by atoms with Gasteiger partial charge in [0.05, 0.1) is 12.5 Å². The van der Waals surface area contributed by atoms with Crippen molar-refractivity contribution in [3.63, 3.8) is 0 Å². The molecule has 1 aromatic rings. The van der Waals surface area contributed by atoms with Gasteiger partial charge in [0.15, 0.2) is 0 Å². The van der Waals surface area contributed by atoms with Crippen molar-refractivity contribution in [2.24, 2.45) is 5.92 Å². The molecule has 1 aromatic heterocycles. The zero-order chi connectivity index (χ0) is 12.3. The number of anilines is 1. The quantitative estimate of drug-likeness (QED) is 0.834. The van der Waals surface area contributed by atoms with Crippen molar-refractivity contribution in [3.8, 4) is 5.88 Å². The molecule has 0 bridgehead atoms. The minimum absolute atomic E-state index is 0.305. The van der Waals surface area contributed by atoms with E-state index in [2.05, 4.69) is 9.97 Å². The van der Waals surface area contributed by atoms with Gasteiger partial charge in [-0.05, 0) is 13.3 Å². The van der Waals surface area contributed by atoms with E-state index in [1.54, 1.807) is 6.07 Å². The van der Waals surface area contributed by atoms with Crippen LogP contribution in [0.1, 0.15) is 13.3 Å². The standard InChI is InChI=1S/C11H15N3O3/c1-2-17-10-5-9(12-7-13-10)14-4-3-8(6-14)11(15)16/h5,7-8H,2-4,6H2,1H3,(H,15,16). The van der Waals surface area contributed by atoms with Gasteiger partial charge in [0.2, 0.25) is 5.88 Å². The number of rotatable bonds is 4. The first-order valence-corrected chi connectivity index (χ1v) is 5.63. The van der Waals surface area contributed by atoms with Gasteiger partial charge in [-0.25, -0.2) is 9.97 Å². The first kappa shape index (κ1) is 11.6. The lowest BCUT2D eigenvalue weighted by molar-refractivity contribution is -0.140. The van der Waals surface area contributed by atoms with E-state index in [1.165, 1.54) is 6.33 Å². The monoisotopic (exact) mass is 237 g/mol. The number of carboxylic acids is 1. The Morgan fingerprint density at radius 2 is 2.47 bits per heavy atom. The fourth-order valence-corrected chi connectivity index (χ4v) is 1.90. The second-order valence-electron chi connectivity index (χ2n) is 3.92. The molecule has 17 heavy (non-hydrogen) atoms. The summed E-state index contributed by atoms with van der Waals surface area (Å²) in [6, 6.07) is 1.74. The van der Waals surface area contributed by atoms with E-state index >= 15 is 0 Å². The number of hydrogen-bond acceptors (Lipinski definition) is 5. The normalized spacial score (nSPS) is 19.4. The summed E-state index contributed by atoms with van der Waals surface area (Å²) in [6.07, 6.45) is 2.09. The van der Waals surface area contributed by atoms with Crippen LogP contribution in [0.3, 0.4) is 0 Å². The van der Waals surface area contributed by atoms with Crippen molar-refractivity contribution in [2.45, 2.75) is 13.3 Å². The van der Waals surface area contributed by atoms with Gasteiger partial charge in [0, 0.05) is 19.2 Å². The average molecular weight is 237 g/mol. The summed E-state index contributed by atoms with van der Waals surface area (Å²) in [5.74, 6) is 0.204. The molecule has 0 spiro atoms. The van der Waals surface area contributed by atoms with Gasteiger partial charge < -0.3 is 14.7 Å². The van der Waals surface area contributed by atoms with Gasteiger partial charge in [0.1, 0.15) is 12.1 Å². The number of aromatic nitrogens is 2. The Bertz CT molecular complexity index is 411. The van der Waals surface area contributed by atoms with Crippen molar-refractivity contribution < 1.29 is 14.6 Å². The maximum absolute atomic E-state index is 10.9. The average Bonchev–Trinajstić information content (AvgIpc) is 2.79. The van der Waals surface area contributed by atoms with Crippen LogP contribution >= 0.6 is 0 Å². The molecule has 1 atom stereocenters. The highest BCUT2D eigenvalue weighted by atomic mass is 16.5. The Kier molecular flexibility index (Phi) is 3.41. The van der Waals surface area contributed by atoms with E-state index in [-0.39, 0.29) is 5.92 Å². The van der Waals surface area contributed by atoms with Crippen LogP contribution in [0.15, 0.2) is 12.4 Å². The molecule has 1 N–H and O–H groups in total. The maximum Gasteiger partial charge on any atom is 0.308 e. The van der Waals surface area contributed by atoms with E-state index in [0.29, 0.717) is 32.0 Å². The highest BCUT2D eigenvalue weighted by Crippen LogP contribution is 2.23. The molecule has 0 aromatic carbocycles. The molecule has 0 amide bonds. The molecule has 6 nitrogen and oxygen atoms in total. The van der Waals surface area contributed by atoms with Crippen LogP contribution in [0.2, 0.25) is 0 Å². The second-order valence-corrected chi connectivity index (χ2v) is 3.92. The Morgan fingerprint density at radius 1 is 1.65 bits per heavy atom. The van der Waals surface area contributed by atoms with Gasteiger partial charge in [-0.15, -0.1) is 0 Å². The zero-order valence-electron chi connectivity index (χ0n) is 9.67. The number of nitrogens with zero attached hydrogens (tertiary/aromatic N) is 3. The smallest absolute Gasteiger partial charge is 0.308 e. The summed E-state index contributed by atoms with van der Waals surface area (Å²) in [7, 11) is 0. The van der Waals surface area contributed by atoms with Crippen LogP contribution in [0.5, 0.6) is 5.88 Å². The zero-order valence-corrected chi connectivity index (χ0v) is 9.67. The van der Waals surface area contributed by atoms with E-state index in [4.69, 9.17) is 9.84 Å².